The third-order valence-corrected chi connectivity index (χ3v) is 2.58. The maximum atomic E-state index is 3.83. The van der Waals surface area contributed by atoms with Crippen molar-refractivity contribution >= 4 is 0 Å². The Morgan fingerprint density at radius 2 is 2.00 bits per heavy atom. The Hall–Kier alpha value is -1.04. The smallest absolute Gasteiger partial charge is 0.0155 e. The van der Waals surface area contributed by atoms with E-state index in [1.807, 2.05) is 6.08 Å². The molecule has 0 spiro atoms. The van der Waals surface area contributed by atoms with E-state index in [2.05, 4.69) is 37.8 Å². The normalized spacial score (nSPS) is 32.4. The topological polar surface area (TPSA) is 0 Å². The first-order chi connectivity index (χ1) is 5.85. The minimum absolute atomic E-state index is 0.826. The Balaban J connectivity index is 2.29. The Morgan fingerprint density at radius 1 is 1.33 bits per heavy atom. The van der Waals surface area contributed by atoms with Crippen molar-refractivity contribution < 1.29 is 0 Å². The molecule has 0 aromatic carbocycles. The molecule has 0 amide bonds. The quantitative estimate of drug-likeness (QED) is 0.578. The van der Waals surface area contributed by atoms with Gasteiger partial charge in [0.25, 0.3) is 0 Å². The van der Waals surface area contributed by atoms with Crippen molar-refractivity contribution in [2.45, 2.75) is 13.3 Å². The van der Waals surface area contributed by atoms with E-state index in [1.165, 1.54) is 17.6 Å². The lowest BCUT2D eigenvalue weighted by Gasteiger charge is -2.07. The van der Waals surface area contributed by atoms with Crippen LogP contribution in [0.15, 0.2) is 48.1 Å². The Bertz CT molecular complexity index is 289. The standard InChI is InChI=1S/C12H14/c1-3-5-10-7-12-8-11(12)6-9(10)4-2/h3-7,11-12H,2,8H2,1H3/b5-3-. The molecular formula is C12H14. The van der Waals surface area contributed by atoms with E-state index >= 15 is 0 Å². The van der Waals surface area contributed by atoms with E-state index in [1.54, 1.807) is 0 Å². The molecule has 0 radical (unpaired) electrons. The van der Waals surface area contributed by atoms with Gasteiger partial charge in [-0.3, -0.25) is 0 Å². The summed E-state index contributed by atoms with van der Waals surface area (Å²) in [5.41, 5.74) is 2.66. The van der Waals surface area contributed by atoms with E-state index in [-0.39, 0.29) is 0 Å². The maximum Gasteiger partial charge on any atom is -0.0155 e. The first kappa shape index (κ1) is 7.60. The van der Waals surface area contributed by atoms with Crippen LogP contribution in [0.25, 0.3) is 0 Å². The number of allylic oxidation sites excluding steroid dienone is 7. The highest BCUT2D eigenvalue weighted by atomic mass is 14.4. The minimum atomic E-state index is 0.826. The van der Waals surface area contributed by atoms with Crippen molar-refractivity contribution in [3.63, 3.8) is 0 Å². The summed E-state index contributed by atoms with van der Waals surface area (Å²) in [6.45, 7) is 5.88. The van der Waals surface area contributed by atoms with Crippen molar-refractivity contribution in [3.05, 3.63) is 48.1 Å². The van der Waals surface area contributed by atoms with Gasteiger partial charge in [0.2, 0.25) is 0 Å². The van der Waals surface area contributed by atoms with Crippen molar-refractivity contribution in [3.8, 4) is 0 Å². The molecule has 0 N–H and O–H groups in total. The molecule has 2 atom stereocenters. The molecule has 12 heavy (non-hydrogen) atoms. The Kier molecular flexibility index (Phi) is 1.76. The van der Waals surface area contributed by atoms with E-state index in [9.17, 15) is 0 Å². The molecule has 2 aliphatic carbocycles. The molecule has 2 unspecified atom stereocenters. The van der Waals surface area contributed by atoms with Crippen LogP contribution in [0.5, 0.6) is 0 Å². The molecule has 1 saturated carbocycles. The molecule has 0 aliphatic heterocycles. The van der Waals surface area contributed by atoms with Gasteiger partial charge in [-0.25, -0.2) is 0 Å². The molecule has 0 aromatic heterocycles. The number of rotatable bonds is 2. The number of fused-ring (bicyclic) bond motifs is 1. The maximum absolute atomic E-state index is 3.83. The van der Waals surface area contributed by atoms with Crippen LogP contribution >= 0.6 is 0 Å². The van der Waals surface area contributed by atoms with E-state index in [4.69, 9.17) is 0 Å². The molecular weight excluding hydrogens is 144 g/mol. The minimum Gasteiger partial charge on any atom is -0.0985 e. The van der Waals surface area contributed by atoms with Crippen LogP contribution in [-0.4, -0.2) is 0 Å². The molecule has 62 valence electrons. The fraction of sp³-hybridized carbons (Fsp3) is 0.333. The summed E-state index contributed by atoms with van der Waals surface area (Å²) in [7, 11) is 0. The zero-order valence-electron chi connectivity index (χ0n) is 7.46. The lowest BCUT2D eigenvalue weighted by Crippen LogP contribution is -1.91. The van der Waals surface area contributed by atoms with Gasteiger partial charge < -0.3 is 0 Å². The second-order valence-electron chi connectivity index (χ2n) is 3.51. The van der Waals surface area contributed by atoms with Gasteiger partial charge >= 0.3 is 0 Å². The van der Waals surface area contributed by atoms with Crippen LogP contribution in [-0.2, 0) is 0 Å². The first-order valence-electron chi connectivity index (χ1n) is 4.54. The van der Waals surface area contributed by atoms with Crippen molar-refractivity contribution in [2.24, 2.45) is 11.8 Å². The van der Waals surface area contributed by atoms with Gasteiger partial charge in [0.15, 0.2) is 0 Å². The summed E-state index contributed by atoms with van der Waals surface area (Å²) < 4.78 is 0. The second kappa shape index (κ2) is 2.78. The predicted molar refractivity (Wildman–Crippen MR) is 52.8 cm³/mol. The van der Waals surface area contributed by atoms with Crippen molar-refractivity contribution in [2.75, 3.05) is 0 Å². The molecule has 0 aromatic rings. The summed E-state index contributed by atoms with van der Waals surface area (Å²) in [6.07, 6.45) is 12.3. The number of hydrogen-bond acceptors (Lipinski definition) is 0. The van der Waals surface area contributed by atoms with Gasteiger partial charge in [-0.2, -0.15) is 0 Å². The molecule has 2 aliphatic rings. The summed E-state index contributed by atoms with van der Waals surface area (Å²) in [5.74, 6) is 1.66. The summed E-state index contributed by atoms with van der Waals surface area (Å²) in [6, 6.07) is 0. The average Bonchev–Trinajstić information content (AvgIpc) is 2.81. The van der Waals surface area contributed by atoms with E-state index in [0.29, 0.717) is 0 Å². The van der Waals surface area contributed by atoms with Gasteiger partial charge in [0, 0.05) is 0 Å². The highest BCUT2D eigenvalue weighted by Gasteiger charge is 2.36. The monoisotopic (exact) mass is 158 g/mol. The van der Waals surface area contributed by atoms with Gasteiger partial charge in [-0.1, -0.05) is 37.0 Å². The van der Waals surface area contributed by atoms with Crippen LogP contribution in [0.2, 0.25) is 0 Å². The van der Waals surface area contributed by atoms with Gasteiger partial charge in [0.05, 0.1) is 0 Å². The van der Waals surface area contributed by atoms with Crippen LogP contribution in [0.4, 0.5) is 0 Å². The van der Waals surface area contributed by atoms with Gasteiger partial charge in [-0.05, 0) is 36.3 Å². The van der Waals surface area contributed by atoms with E-state index in [0.717, 1.165) is 11.8 Å². The molecule has 0 heteroatoms. The Labute approximate surface area is 74.0 Å². The van der Waals surface area contributed by atoms with Crippen LogP contribution < -0.4 is 0 Å². The lowest BCUT2D eigenvalue weighted by atomic mass is 9.98. The summed E-state index contributed by atoms with van der Waals surface area (Å²) >= 11 is 0. The van der Waals surface area contributed by atoms with Crippen molar-refractivity contribution in [1.82, 2.24) is 0 Å². The second-order valence-corrected chi connectivity index (χ2v) is 3.51. The Morgan fingerprint density at radius 3 is 2.58 bits per heavy atom. The van der Waals surface area contributed by atoms with Crippen LogP contribution in [0.1, 0.15) is 13.3 Å². The average molecular weight is 158 g/mol. The van der Waals surface area contributed by atoms with Crippen LogP contribution in [0.3, 0.4) is 0 Å². The van der Waals surface area contributed by atoms with Crippen LogP contribution in [0, 0.1) is 11.8 Å². The molecule has 2 rings (SSSR count). The SMILES string of the molecule is C=CC1=CC2CC2C=C1/C=C\C. The van der Waals surface area contributed by atoms with Crippen molar-refractivity contribution in [1.29, 1.82) is 0 Å². The predicted octanol–water partition coefficient (Wildman–Crippen LogP) is 3.25. The summed E-state index contributed by atoms with van der Waals surface area (Å²) in [5, 5.41) is 0. The number of hydrogen-bond donors (Lipinski definition) is 0. The molecule has 0 heterocycles. The van der Waals surface area contributed by atoms with Gasteiger partial charge in [0.1, 0.15) is 0 Å². The third-order valence-electron chi connectivity index (χ3n) is 2.58. The lowest BCUT2D eigenvalue weighted by molar-refractivity contribution is 0.960. The molecule has 0 bridgehead atoms. The highest BCUT2D eigenvalue weighted by Crippen LogP contribution is 2.46. The first-order valence-corrected chi connectivity index (χ1v) is 4.54. The fourth-order valence-corrected chi connectivity index (χ4v) is 1.79. The molecule has 1 fully saturated rings. The molecule has 0 saturated heterocycles. The zero-order valence-corrected chi connectivity index (χ0v) is 7.46. The van der Waals surface area contributed by atoms with Gasteiger partial charge in [-0.15, -0.1) is 0 Å². The largest absolute Gasteiger partial charge is 0.0985 e. The summed E-state index contributed by atoms with van der Waals surface area (Å²) in [4.78, 5) is 0. The third kappa shape index (κ3) is 1.18. The molecule has 0 nitrogen and oxygen atoms in total. The zero-order chi connectivity index (χ0) is 8.55. The highest BCUT2D eigenvalue weighted by molar-refractivity contribution is 5.50. The van der Waals surface area contributed by atoms with E-state index < -0.39 is 0 Å². The fourth-order valence-electron chi connectivity index (χ4n) is 1.79.